The highest BCUT2D eigenvalue weighted by Gasteiger charge is 2.29. The number of hydrogen-bond acceptors (Lipinski definition) is 4. The minimum Gasteiger partial charge on any atom is -0.445 e. The molecule has 0 aliphatic carbocycles. The van der Waals surface area contributed by atoms with Gasteiger partial charge < -0.3 is 9.32 Å². The van der Waals surface area contributed by atoms with Crippen molar-refractivity contribution < 1.29 is 9.21 Å². The third-order valence-electron chi connectivity index (χ3n) is 5.77. The lowest BCUT2D eigenvalue weighted by atomic mass is 9.97. The quantitative estimate of drug-likeness (QED) is 0.429. The molecule has 156 valence electrons. The lowest BCUT2D eigenvalue weighted by molar-refractivity contribution is 0.0694. The number of rotatable bonds is 4. The molecule has 2 aromatic heterocycles. The summed E-state index contributed by atoms with van der Waals surface area (Å²) in [6.45, 7) is 1.30. The first-order valence-electron chi connectivity index (χ1n) is 10.5. The van der Waals surface area contributed by atoms with Crippen LogP contribution in [0.2, 0.25) is 5.02 Å². The van der Waals surface area contributed by atoms with Crippen molar-refractivity contribution in [2.75, 3.05) is 13.1 Å². The normalized spacial score (nSPS) is 16.5. The molecule has 1 amide bonds. The lowest BCUT2D eigenvalue weighted by Crippen LogP contribution is -2.39. The summed E-state index contributed by atoms with van der Waals surface area (Å²) in [7, 11) is 0. The molecule has 1 atom stereocenters. The SMILES string of the molecule is O=C(c1nccc2ccccc12)N1CCC[C@@H](c2ncc(Cc3cccc(Cl)c3)o2)C1. The number of hydrogen-bond donors (Lipinski definition) is 0. The summed E-state index contributed by atoms with van der Waals surface area (Å²) in [5.41, 5.74) is 1.59. The van der Waals surface area contributed by atoms with Crippen molar-refractivity contribution in [2.24, 2.45) is 0 Å². The molecule has 1 aliphatic heterocycles. The number of amides is 1. The van der Waals surface area contributed by atoms with Gasteiger partial charge >= 0.3 is 0 Å². The molecular weight excluding hydrogens is 410 g/mol. The molecule has 1 saturated heterocycles. The molecule has 31 heavy (non-hydrogen) atoms. The van der Waals surface area contributed by atoms with E-state index in [1.165, 1.54) is 0 Å². The second-order valence-electron chi connectivity index (χ2n) is 7.94. The van der Waals surface area contributed by atoms with Crippen LogP contribution in [0.3, 0.4) is 0 Å². The maximum absolute atomic E-state index is 13.3. The second-order valence-corrected chi connectivity index (χ2v) is 8.38. The Hall–Kier alpha value is -3.18. The fourth-order valence-corrected chi connectivity index (χ4v) is 4.46. The Balaban J connectivity index is 1.32. The predicted molar refractivity (Wildman–Crippen MR) is 120 cm³/mol. The van der Waals surface area contributed by atoms with Crippen molar-refractivity contribution in [3.05, 3.63) is 94.9 Å². The fourth-order valence-electron chi connectivity index (χ4n) is 4.24. The van der Waals surface area contributed by atoms with Gasteiger partial charge in [0.1, 0.15) is 11.5 Å². The molecule has 3 heterocycles. The summed E-state index contributed by atoms with van der Waals surface area (Å²) < 4.78 is 6.06. The van der Waals surface area contributed by atoms with Crippen molar-refractivity contribution in [3.8, 4) is 0 Å². The van der Waals surface area contributed by atoms with Gasteiger partial charge in [-0.25, -0.2) is 4.98 Å². The molecule has 0 unspecified atom stereocenters. The largest absolute Gasteiger partial charge is 0.445 e. The number of oxazole rings is 1. The minimum atomic E-state index is -0.0350. The fraction of sp³-hybridized carbons (Fsp3) is 0.240. The van der Waals surface area contributed by atoms with Crippen LogP contribution in [0.15, 0.2) is 71.4 Å². The topological polar surface area (TPSA) is 59.2 Å². The Morgan fingerprint density at radius 2 is 2.03 bits per heavy atom. The molecule has 5 nitrogen and oxygen atoms in total. The zero-order valence-corrected chi connectivity index (χ0v) is 17.8. The third kappa shape index (κ3) is 4.19. The van der Waals surface area contributed by atoms with Crippen LogP contribution < -0.4 is 0 Å². The van der Waals surface area contributed by atoms with Gasteiger partial charge in [0.15, 0.2) is 5.89 Å². The van der Waals surface area contributed by atoms with E-state index in [-0.39, 0.29) is 11.8 Å². The van der Waals surface area contributed by atoms with Gasteiger partial charge in [-0.2, -0.15) is 0 Å². The van der Waals surface area contributed by atoms with E-state index in [1.54, 1.807) is 12.4 Å². The first-order chi connectivity index (χ1) is 15.2. The molecule has 5 rings (SSSR count). The van der Waals surface area contributed by atoms with Crippen molar-refractivity contribution in [3.63, 3.8) is 0 Å². The molecule has 1 aliphatic rings. The van der Waals surface area contributed by atoms with E-state index >= 15 is 0 Å². The maximum Gasteiger partial charge on any atom is 0.273 e. The van der Waals surface area contributed by atoms with Crippen molar-refractivity contribution >= 4 is 28.3 Å². The number of carbonyl (C=O) groups is 1. The molecule has 1 fully saturated rings. The van der Waals surface area contributed by atoms with Gasteiger partial charge in [0.25, 0.3) is 5.91 Å². The van der Waals surface area contributed by atoms with Crippen LogP contribution in [0.1, 0.15) is 46.5 Å². The first kappa shape index (κ1) is 19.8. The molecule has 6 heteroatoms. The van der Waals surface area contributed by atoms with Crippen LogP contribution in [-0.4, -0.2) is 33.9 Å². The van der Waals surface area contributed by atoms with Crippen LogP contribution in [0.5, 0.6) is 0 Å². The monoisotopic (exact) mass is 431 g/mol. The molecule has 0 spiro atoms. The lowest BCUT2D eigenvalue weighted by Gasteiger charge is -2.31. The molecular formula is C25H22ClN3O2. The number of likely N-dealkylation sites (tertiary alicyclic amines) is 1. The minimum absolute atomic E-state index is 0.0350. The molecule has 0 bridgehead atoms. The van der Waals surface area contributed by atoms with Gasteiger partial charge in [-0.05, 0) is 42.0 Å². The van der Waals surface area contributed by atoms with Crippen LogP contribution >= 0.6 is 11.6 Å². The van der Waals surface area contributed by atoms with Gasteiger partial charge in [-0.3, -0.25) is 9.78 Å². The standard InChI is InChI=1S/C25H22ClN3O2/c26-20-8-3-5-17(13-20)14-21-15-28-24(31-21)19-7-4-12-29(16-19)25(30)23-22-9-2-1-6-18(22)10-11-27-23/h1-3,5-6,8-11,13,15,19H,4,7,12,14,16H2/t19-/m1/s1. The van der Waals surface area contributed by atoms with E-state index in [1.807, 2.05) is 59.5 Å². The van der Waals surface area contributed by atoms with Crippen LogP contribution in [0.4, 0.5) is 0 Å². The summed E-state index contributed by atoms with van der Waals surface area (Å²) >= 11 is 6.08. The second kappa shape index (κ2) is 8.52. The molecule has 0 radical (unpaired) electrons. The molecule has 4 aromatic rings. The van der Waals surface area contributed by atoms with E-state index in [0.29, 0.717) is 29.6 Å². The highest BCUT2D eigenvalue weighted by atomic mass is 35.5. The zero-order chi connectivity index (χ0) is 21.2. The maximum atomic E-state index is 13.3. The Bertz CT molecular complexity index is 1230. The Morgan fingerprint density at radius 3 is 2.94 bits per heavy atom. The van der Waals surface area contributed by atoms with E-state index in [2.05, 4.69) is 9.97 Å². The van der Waals surface area contributed by atoms with Crippen LogP contribution in [-0.2, 0) is 6.42 Å². The summed E-state index contributed by atoms with van der Waals surface area (Å²) in [4.78, 5) is 24.1. The summed E-state index contributed by atoms with van der Waals surface area (Å²) in [6, 6.07) is 17.5. The van der Waals surface area contributed by atoms with Crippen LogP contribution in [0.25, 0.3) is 10.8 Å². The number of aromatic nitrogens is 2. The summed E-state index contributed by atoms with van der Waals surface area (Å²) in [6.07, 6.45) is 5.98. The number of fused-ring (bicyclic) bond motifs is 1. The first-order valence-corrected chi connectivity index (χ1v) is 10.9. The Labute approximate surface area is 185 Å². The van der Waals surface area contributed by atoms with E-state index in [9.17, 15) is 4.79 Å². The van der Waals surface area contributed by atoms with E-state index in [0.717, 1.165) is 41.5 Å². The van der Waals surface area contributed by atoms with Crippen molar-refractivity contribution in [1.29, 1.82) is 0 Å². The average Bonchev–Trinajstić information content (AvgIpc) is 3.27. The van der Waals surface area contributed by atoms with Gasteiger partial charge in [-0.1, -0.05) is 48.0 Å². The number of piperidine rings is 1. The number of benzene rings is 2. The van der Waals surface area contributed by atoms with E-state index < -0.39 is 0 Å². The molecule has 2 aromatic carbocycles. The van der Waals surface area contributed by atoms with Gasteiger partial charge in [0, 0.05) is 36.1 Å². The number of pyridine rings is 1. The smallest absolute Gasteiger partial charge is 0.273 e. The Morgan fingerprint density at radius 1 is 1.13 bits per heavy atom. The number of halogens is 1. The van der Waals surface area contributed by atoms with Crippen LogP contribution in [0, 0.1) is 0 Å². The van der Waals surface area contributed by atoms with Gasteiger partial charge in [-0.15, -0.1) is 0 Å². The van der Waals surface area contributed by atoms with E-state index in [4.69, 9.17) is 16.0 Å². The highest BCUT2D eigenvalue weighted by Crippen LogP contribution is 2.29. The van der Waals surface area contributed by atoms with Crippen molar-refractivity contribution in [2.45, 2.75) is 25.2 Å². The summed E-state index contributed by atoms with van der Waals surface area (Å²) in [5, 5.41) is 2.62. The average molecular weight is 432 g/mol. The number of nitrogens with zero attached hydrogens (tertiary/aromatic N) is 3. The van der Waals surface area contributed by atoms with Gasteiger partial charge in [0.2, 0.25) is 0 Å². The van der Waals surface area contributed by atoms with Gasteiger partial charge in [0.05, 0.1) is 12.1 Å². The van der Waals surface area contributed by atoms with Crippen molar-refractivity contribution in [1.82, 2.24) is 14.9 Å². The number of carbonyl (C=O) groups excluding carboxylic acids is 1. The predicted octanol–water partition coefficient (Wildman–Crippen LogP) is 5.49. The highest BCUT2D eigenvalue weighted by molar-refractivity contribution is 6.30. The molecule has 0 saturated carbocycles. The Kier molecular flexibility index (Phi) is 5.43. The third-order valence-corrected chi connectivity index (χ3v) is 6.01. The molecule has 0 N–H and O–H groups in total. The zero-order valence-electron chi connectivity index (χ0n) is 17.0. The summed E-state index contributed by atoms with van der Waals surface area (Å²) in [5.74, 6) is 1.55.